The molecule has 1 heterocycles. The second kappa shape index (κ2) is 8.10. The highest BCUT2D eigenvalue weighted by atomic mass is 35.5. The Bertz CT molecular complexity index is 664. The van der Waals surface area contributed by atoms with Gasteiger partial charge in [-0.1, -0.05) is 26.3 Å². The van der Waals surface area contributed by atoms with Gasteiger partial charge in [-0.2, -0.15) is 0 Å². The zero-order valence-corrected chi connectivity index (χ0v) is 15.0. The summed E-state index contributed by atoms with van der Waals surface area (Å²) in [6.07, 6.45) is 2.18. The summed E-state index contributed by atoms with van der Waals surface area (Å²) in [6, 6.07) is 4.39. The minimum absolute atomic E-state index is 0. The smallest absolute Gasteiger partial charge is 0.243 e. The van der Waals surface area contributed by atoms with Gasteiger partial charge in [0, 0.05) is 18.8 Å². The van der Waals surface area contributed by atoms with Crippen LogP contribution in [0, 0.1) is 0 Å². The fourth-order valence-electron chi connectivity index (χ4n) is 2.66. The van der Waals surface area contributed by atoms with Gasteiger partial charge < -0.3 is 10.6 Å². The van der Waals surface area contributed by atoms with E-state index in [1.807, 2.05) is 6.92 Å². The summed E-state index contributed by atoms with van der Waals surface area (Å²) < 4.78 is 26.7. The van der Waals surface area contributed by atoms with Crippen LogP contribution in [-0.2, 0) is 21.2 Å². The highest BCUT2D eigenvalue weighted by Gasteiger charge is 2.29. The Balaban J connectivity index is 0.00000264. The number of carbonyl (C=O) groups excluding carboxylic acids is 1. The molecule has 0 aromatic heterocycles. The molecule has 1 aliphatic rings. The number of hydrogen-bond acceptors (Lipinski definition) is 4. The molecule has 130 valence electrons. The van der Waals surface area contributed by atoms with Crippen molar-refractivity contribution >= 4 is 34.0 Å². The van der Waals surface area contributed by atoms with Crippen LogP contribution in [0.1, 0.15) is 32.3 Å². The first kappa shape index (κ1) is 19.9. The van der Waals surface area contributed by atoms with Crippen LogP contribution in [0.3, 0.4) is 0 Å². The summed E-state index contributed by atoms with van der Waals surface area (Å²) in [6.45, 7) is 4.58. The molecule has 2 rings (SSSR count). The van der Waals surface area contributed by atoms with Gasteiger partial charge in [0.05, 0.1) is 10.9 Å². The molecular weight excluding hydrogens is 338 g/mol. The number of rotatable bonds is 6. The van der Waals surface area contributed by atoms with E-state index in [1.165, 1.54) is 0 Å². The first-order valence-corrected chi connectivity index (χ1v) is 9.08. The van der Waals surface area contributed by atoms with Crippen molar-refractivity contribution in [3.05, 3.63) is 23.8 Å². The first-order chi connectivity index (χ1) is 10.4. The van der Waals surface area contributed by atoms with Gasteiger partial charge in [0.1, 0.15) is 0 Å². The standard InChI is InChI=1S/C15H23N3O3S.ClH/c1-3-5-13(16)15(19)18-9-8-11-6-7-12(10-14(11)18)22(20,21)17-4-2;/h6-7,10,13,17H,3-5,8-9,16H2,1-2H3;1H. The van der Waals surface area contributed by atoms with Crippen LogP contribution in [-0.4, -0.2) is 33.5 Å². The molecule has 0 radical (unpaired) electrons. The van der Waals surface area contributed by atoms with Crippen LogP contribution >= 0.6 is 12.4 Å². The van der Waals surface area contributed by atoms with Crippen LogP contribution in [0.25, 0.3) is 0 Å². The summed E-state index contributed by atoms with van der Waals surface area (Å²) in [5.74, 6) is -0.140. The van der Waals surface area contributed by atoms with E-state index in [2.05, 4.69) is 4.72 Å². The lowest BCUT2D eigenvalue weighted by molar-refractivity contribution is -0.119. The van der Waals surface area contributed by atoms with Gasteiger partial charge in [-0.3, -0.25) is 4.79 Å². The first-order valence-electron chi connectivity index (χ1n) is 7.60. The van der Waals surface area contributed by atoms with Crippen molar-refractivity contribution in [1.29, 1.82) is 0 Å². The molecule has 6 nitrogen and oxygen atoms in total. The van der Waals surface area contributed by atoms with Crippen molar-refractivity contribution in [2.24, 2.45) is 5.73 Å². The number of anilines is 1. The third-order valence-corrected chi connectivity index (χ3v) is 5.32. The van der Waals surface area contributed by atoms with Gasteiger partial charge in [0.15, 0.2) is 0 Å². The number of benzene rings is 1. The monoisotopic (exact) mass is 361 g/mol. The number of amides is 1. The second-order valence-corrected chi connectivity index (χ2v) is 7.19. The highest BCUT2D eigenvalue weighted by molar-refractivity contribution is 7.89. The lowest BCUT2D eigenvalue weighted by Gasteiger charge is -2.21. The van der Waals surface area contributed by atoms with Crippen molar-refractivity contribution < 1.29 is 13.2 Å². The summed E-state index contributed by atoms with van der Waals surface area (Å²) >= 11 is 0. The third kappa shape index (κ3) is 4.23. The van der Waals surface area contributed by atoms with Crippen LogP contribution < -0.4 is 15.4 Å². The number of carbonyl (C=O) groups is 1. The molecule has 0 spiro atoms. The molecule has 1 amide bonds. The van der Waals surface area contributed by atoms with E-state index in [0.717, 1.165) is 18.4 Å². The zero-order valence-electron chi connectivity index (χ0n) is 13.4. The number of hydrogen-bond donors (Lipinski definition) is 2. The molecule has 0 saturated carbocycles. The molecule has 0 fully saturated rings. The molecule has 1 aliphatic heterocycles. The van der Waals surface area contributed by atoms with Crippen LogP contribution in [0.2, 0.25) is 0 Å². The zero-order chi connectivity index (χ0) is 16.3. The van der Waals surface area contributed by atoms with E-state index in [-0.39, 0.29) is 23.2 Å². The minimum Gasteiger partial charge on any atom is -0.320 e. The van der Waals surface area contributed by atoms with Gasteiger partial charge in [0.25, 0.3) is 0 Å². The van der Waals surface area contributed by atoms with Crippen molar-refractivity contribution in [3.8, 4) is 0 Å². The molecule has 23 heavy (non-hydrogen) atoms. The fourth-order valence-corrected chi connectivity index (χ4v) is 3.72. The number of sulfonamides is 1. The van der Waals surface area contributed by atoms with Crippen molar-refractivity contribution in [3.63, 3.8) is 0 Å². The van der Waals surface area contributed by atoms with Crippen molar-refractivity contribution in [2.75, 3.05) is 18.0 Å². The fraction of sp³-hybridized carbons (Fsp3) is 0.533. The van der Waals surface area contributed by atoms with Gasteiger partial charge in [-0.25, -0.2) is 13.1 Å². The van der Waals surface area contributed by atoms with E-state index < -0.39 is 16.1 Å². The van der Waals surface area contributed by atoms with Gasteiger partial charge in [-0.05, 0) is 30.5 Å². The van der Waals surface area contributed by atoms with E-state index in [0.29, 0.717) is 25.2 Å². The van der Waals surface area contributed by atoms with Gasteiger partial charge in [0.2, 0.25) is 15.9 Å². The number of halogens is 1. The molecule has 3 N–H and O–H groups in total. The molecule has 0 saturated heterocycles. The van der Waals surface area contributed by atoms with Gasteiger partial charge >= 0.3 is 0 Å². The number of nitrogens with two attached hydrogens (primary N) is 1. The van der Waals surface area contributed by atoms with E-state index >= 15 is 0 Å². The topological polar surface area (TPSA) is 92.5 Å². The van der Waals surface area contributed by atoms with Crippen LogP contribution in [0.15, 0.2) is 23.1 Å². The minimum atomic E-state index is -3.53. The molecule has 0 aliphatic carbocycles. The van der Waals surface area contributed by atoms with E-state index in [4.69, 9.17) is 5.73 Å². The largest absolute Gasteiger partial charge is 0.320 e. The summed E-state index contributed by atoms with van der Waals surface area (Å²) in [5, 5.41) is 0. The molecular formula is C15H24ClN3O3S. The third-order valence-electron chi connectivity index (χ3n) is 3.78. The normalized spacial score (nSPS) is 15.0. The quantitative estimate of drug-likeness (QED) is 0.801. The second-order valence-electron chi connectivity index (χ2n) is 5.43. The maximum atomic E-state index is 12.4. The van der Waals surface area contributed by atoms with Gasteiger partial charge in [-0.15, -0.1) is 12.4 Å². The SMILES string of the molecule is CCCC(N)C(=O)N1CCc2ccc(S(=O)(=O)NCC)cc21.Cl. The lowest BCUT2D eigenvalue weighted by Crippen LogP contribution is -2.43. The number of fused-ring (bicyclic) bond motifs is 1. The Morgan fingerprint density at radius 1 is 1.39 bits per heavy atom. The Hall–Kier alpha value is -1.15. The molecule has 1 atom stereocenters. The Kier molecular flexibility index (Phi) is 7.01. The maximum absolute atomic E-state index is 12.4. The predicted octanol–water partition coefficient (Wildman–Crippen LogP) is 1.42. The predicted molar refractivity (Wildman–Crippen MR) is 93.5 cm³/mol. The van der Waals surface area contributed by atoms with Crippen molar-refractivity contribution in [2.45, 2.75) is 44.0 Å². The Morgan fingerprint density at radius 3 is 2.70 bits per heavy atom. The van der Waals surface area contributed by atoms with E-state index in [9.17, 15) is 13.2 Å². The maximum Gasteiger partial charge on any atom is 0.243 e. The molecule has 8 heteroatoms. The highest BCUT2D eigenvalue weighted by Crippen LogP contribution is 2.31. The average Bonchev–Trinajstić information content (AvgIpc) is 2.89. The molecule has 1 unspecified atom stereocenters. The average molecular weight is 362 g/mol. The molecule has 0 bridgehead atoms. The molecule has 1 aromatic rings. The van der Waals surface area contributed by atoms with E-state index in [1.54, 1.807) is 30.0 Å². The Labute approximate surface area is 143 Å². The summed E-state index contributed by atoms with van der Waals surface area (Å²) in [5.41, 5.74) is 7.56. The lowest BCUT2D eigenvalue weighted by atomic mass is 10.1. The van der Waals surface area contributed by atoms with Crippen LogP contribution in [0.5, 0.6) is 0 Å². The number of nitrogens with zero attached hydrogens (tertiary/aromatic N) is 1. The summed E-state index contributed by atoms with van der Waals surface area (Å²) in [7, 11) is -3.53. The Morgan fingerprint density at radius 2 is 2.09 bits per heavy atom. The number of nitrogens with one attached hydrogen (secondary N) is 1. The molecule has 1 aromatic carbocycles. The van der Waals surface area contributed by atoms with Crippen molar-refractivity contribution in [1.82, 2.24) is 4.72 Å². The summed E-state index contributed by atoms with van der Waals surface area (Å²) in [4.78, 5) is 14.2. The van der Waals surface area contributed by atoms with Crippen LogP contribution in [0.4, 0.5) is 5.69 Å².